The fraction of sp³-hybridized carbons (Fsp3) is 0.429. The molecule has 0 bridgehead atoms. The van der Waals surface area contributed by atoms with E-state index in [1.807, 2.05) is 26.0 Å². The molecule has 2 aliphatic rings. The number of Topliss-reactive ketones (excluding diaryl/α,β-unsaturated/α-hetero) is 1. The van der Waals surface area contributed by atoms with Crippen molar-refractivity contribution in [1.82, 2.24) is 4.90 Å². The second kappa shape index (κ2) is 10.3. The highest BCUT2D eigenvalue weighted by molar-refractivity contribution is 6.22. The smallest absolute Gasteiger partial charge is 0.338 e. The molecule has 1 heterocycles. The van der Waals surface area contributed by atoms with Crippen LogP contribution in [0.3, 0.4) is 0 Å². The molecule has 0 N–H and O–H groups in total. The van der Waals surface area contributed by atoms with Gasteiger partial charge in [0.05, 0.1) is 16.7 Å². The summed E-state index contributed by atoms with van der Waals surface area (Å²) in [7, 11) is 0. The Morgan fingerprint density at radius 2 is 1.56 bits per heavy atom. The highest BCUT2D eigenvalue weighted by Gasteiger charge is 2.35. The van der Waals surface area contributed by atoms with Crippen molar-refractivity contribution in [1.29, 1.82) is 0 Å². The Hall–Kier alpha value is -3.28. The Kier molecular flexibility index (Phi) is 7.25. The van der Waals surface area contributed by atoms with Gasteiger partial charge in [-0.3, -0.25) is 19.3 Å². The first kappa shape index (κ1) is 23.9. The van der Waals surface area contributed by atoms with Crippen molar-refractivity contribution >= 4 is 23.6 Å². The van der Waals surface area contributed by atoms with Crippen molar-refractivity contribution in [2.45, 2.75) is 58.3 Å². The lowest BCUT2D eigenvalue weighted by Crippen LogP contribution is -2.31. The number of carbonyl (C=O) groups excluding carboxylic acids is 4. The van der Waals surface area contributed by atoms with Gasteiger partial charge in [-0.15, -0.1) is 0 Å². The Morgan fingerprint density at radius 1 is 0.912 bits per heavy atom. The summed E-state index contributed by atoms with van der Waals surface area (Å²) in [4.78, 5) is 51.5. The largest absolute Gasteiger partial charge is 0.454 e. The molecule has 0 unspecified atom stereocenters. The van der Waals surface area contributed by atoms with Gasteiger partial charge < -0.3 is 4.74 Å². The summed E-state index contributed by atoms with van der Waals surface area (Å²) in [6.07, 6.45) is 6.89. The first-order valence-electron chi connectivity index (χ1n) is 12.2. The zero-order valence-corrected chi connectivity index (χ0v) is 19.8. The van der Waals surface area contributed by atoms with Crippen LogP contribution in [0, 0.1) is 5.92 Å². The summed E-state index contributed by atoms with van der Waals surface area (Å²) < 4.78 is 5.22. The number of ether oxygens (including phenoxy) is 1. The highest BCUT2D eigenvalue weighted by atomic mass is 16.5. The number of carbonyl (C=O) groups is 4. The van der Waals surface area contributed by atoms with E-state index in [1.54, 1.807) is 12.1 Å². The second-order valence-corrected chi connectivity index (χ2v) is 9.66. The first-order chi connectivity index (χ1) is 16.3. The molecule has 34 heavy (non-hydrogen) atoms. The number of nitrogens with zero attached hydrogens (tertiary/aromatic N) is 1. The zero-order valence-electron chi connectivity index (χ0n) is 19.8. The van der Waals surface area contributed by atoms with Gasteiger partial charge in [0, 0.05) is 12.1 Å². The molecule has 1 aliphatic heterocycles. The van der Waals surface area contributed by atoms with E-state index in [4.69, 9.17) is 4.74 Å². The number of amides is 2. The van der Waals surface area contributed by atoms with Crippen LogP contribution in [0.25, 0.3) is 0 Å². The summed E-state index contributed by atoms with van der Waals surface area (Å²) in [5, 5.41) is 0. The van der Waals surface area contributed by atoms with E-state index in [2.05, 4.69) is 0 Å². The summed E-state index contributed by atoms with van der Waals surface area (Å²) in [5.41, 5.74) is 2.40. The number of imide groups is 1. The number of ketones is 1. The molecular weight excluding hydrogens is 430 g/mol. The van der Waals surface area contributed by atoms with Crippen LogP contribution in [-0.4, -0.2) is 41.6 Å². The third-order valence-corrected chi connectivity index (χ3v) is 6.78. The lowest BCUT2D eigenvalue weighted by atomic mass is 9.84. The van der Waals surface area contributed by atoms with Gasteiger partial charge in [0.15, 0.2) is 12.4 Å². The minimum Gasteiger partial charge on any atom is -0.454 e. The molecule has 178 valence electrons. The maximum Gasteiger partial charge on any atom is 0.338 e. The number of fused-ring (bicyclic) bond motifs is 1. The monoisotopic (exact) mass is 461 g/mol. The molecule has 0 atom stereocenters. The van der Waals surface area contributed by atoms with Gasteiger partial charge in [-0.05, 0) is 54.9 Å². The quantitative estimate of drug-likeness (QED) is 0.298. The third kappa shape index (κ3) is 5.11. The SMILES string of the molecule is CC(C)CCN1C(=O)c2ccc(C(=O)OCC(=O)c3ccc(C4CCCCC4)cc3)cc2C1=O. The Morgan fingerprint density at radius 3 is 2.24 bits per heavy atom. The predicted octanol–water partition coefficient (Wildman–Crippen LogP) is 5.42. The molecule has 2 amide bonds. The van der Waals surface area contributed by atoms with Gasteiger partial charge in [0.1, 0.15) is 0 Å². The number of benzene rings is 2. The van der Waals surface area contributed by atoms with Crippen LogP contribution >= 0.6 is 0 Å². The molecule has 0 spiro atoms. The molecule has 1 fully saturated rings. The van der Waals surface area contributed by atoms with Crippen LogP contribution in [-0.2, 0) is 4.74 Å². The van der Waals surface area contributed by atoms with Gasteiger partial charge in [-0.2, -0.15) is 0 Å². The lowest BCUT2D eigenvalue weighted by Gasteiger charge is -2.22. The minimum atomic E-state index is -0.698. The average molecular weight is 462 g/mol. The highest BCUT2D eigenvalue weighted by Crippen LogP contribution is 2.32. The van der Waals surface area contributed by atoms with Crippen LogP contribution in [0.1, 0.15) is 105 Å². The van der Waals surface area contributed by atoms with Gasteiger partial charge >= 0.3 is 5.97 Å². The third-order valence-electron chi connectivity index (χ3n) is 6.78. The van der Waals surface area contributed by atoms with Gasteiger partial charge in [0.25, 0.3) is 11.8 Å². The molecule has 0 saturated heterocycles. The molecule has 2 aromatic carbocycles. The van der Waals surface area contributed by atoms with Gasteiger partial charge in [0.2, 0.25) is 0 Å². The molecule has 0 radical (unpaired) electrons. The molecule has 2 aromatic rings. The standard InChI is InChI=1S/C28H31NO5/c1-18(2)14-15-29-26(31)23-13-12-22(16-24(23)27(29)32)28(33)34-17-25(30)21-10-8-20(9-11-21)19-6-4-3-5-7-19/h8-13,16,18-19H,3-7,14-15,17H2,1-2H3. The normalized spacial score (nSPS) is 16.1. The van der Waals surface area contributed by atoms with Crippen LogP contribution in [0.2, 0.25) is 0 Å². The zero-order chi connectivity index (χ0) is 24.2. The van der Waals surface area contributed by atoms with E-state index in [-0.39, 0.29) is 29.4 Å². The summed E-state index contributed by atoms with van der Waals surface area (Å²) in [5.74, 6) is -0.800. The van der Waals surface area contributed by atoms with Gasteiger partial charge in [-0.25, -0.2) is 4.79 Å². The fourth-order valence-corrected chi connectivity index (χ4v) is 4.68. The average Bonchev–Trinajstić information content (AvgIpc) is 3.10. The van der Waals surface area contributed by atoms with Crippen LogP contribution in [0.15, 0.2) is 42.5 Å². The maximum absolute atomic E-state index is 12.7. The Labute approximate surface area is 200 Å². The number of esters is 1. The van der Waals surface area contributed by atoms with Gasteiger partial charge in [-0.1, -0.05) is 57.4 Å². The Balaban J connectivity index is 1.36. The molecular formula is C28H31NO5. The van der Waals surface area contributed by atoms with Crippen molar-refractivity contribution in [2.75, 3.05) is 13.2 Å². The second-order valence-electron chi connectivity index (χ2n) is 9.66. The van der Waals surface area contributed by atoms with Crippen molar-refractivity contribution in [3.63, 3.8) is 0 Å². The molecule has 1 saturated carbocycles. The first-order valence-corrected chi connectivity index (χ1v) is 12.2. The molecule has 6 nitrogen and oxygen atoms in total. The lowest BCUT2D eigenvalue weighted by molar-refractivity contribution is 0.0474. The number of hydrogen-bond donors (Lipinski definition) is 0. The van der Waals surface area contributed by atoms with Crippen molar-refractivity contribution in [3.05, 3.63) is 70.3 Å². The molecule has 6 heteroatoms. The van der Waals surface area contributed by atoms with Crippen molar-refractivity contribution in [2.24, 2.45) is 5.92 Å². The van der Waals surface area contributed by atoms with Crippen LogP contribution in [0.4, 0.5) is 0 Å². The Bertz CT molecular complexity index is 1100. The molecule has 0 aromatic heterocycles. The van der Waals surface area contributed by atoms with E-state index in [0.717, 1.165) is 0 Å². The van der Waals surface area contributed by atoms with Crippen LogP contribution in [0.5, 0.6) is 0 Å². The minimum absolute atomic E-state index is 0.144. The topological polar surface area (TPSA) is 80.8 Å². The summed E-state index contributed by atoms with van der Waals surface area (Å²) in [6, 6.07) is 11.9. The summed E-state index contributed by atoms with van der Waals surface area (Å²) >= 11 is 0. The van der Waals surface area contributed by atoms with E-state index in [0.29, 0.717) is 35.9 Å². The number of hydrogen-bond acceptors (Lipinski definition) is 5. The van der Waals surface area contributed by atoms with Crippen LogP contribution < -0.4 is 0 Å². The fourth-order valence-electron chi connectivity index (χ4n) is 4.68. The maximum atomic E-state index is 12.7. The van der Waals surface area contributed by atoms with Crippen molar-refractivity contribution < 1.29 is 23.9 Å². The van der Waals surface area contributed by atoms with E-state index >= 15 is 0 Å². The van der Waals surface area contributed by atoms with E-state index < -0.39 is 11.9 Å². The van der Waals surface area contributed by atoms with E-state index in [9.17, 15) is 19.2 Å². The molecule has 1 aliphatic carbocycles. The van der Waals surface area contributed by atoms with Crippen molar-refractivity contribution in [3.8, 4) is 0 Å². The number of rotatable bonds is 8. The predicted molar refractivity (Wildman–Crippen MR) is 128 cm³/mol. The molecule has 4 rings (SSSR count). The summed E-state index contributed by atoms with van der Waals surface area (Å²) in [6.45, 7) is 4.02. The van der Waals surface area contributed by atoms with E-state index in [1.165, 1.54) is 60.8 Å².